The summed E-state index contributed by atoms with van der Waals surface area (Å²) in [7, 11) is 0. The van der Waals surface area contributed by atoms with Crippen molar-refractivity contribution < 1.29 is 4.79 Å². The molecule has 2 aromatic rings. The number of aromatic nitrogens is 2. The van der Waals surface area contributed by atoms with Gasteiger partial charge in [-0.05, 0) is 56.1 Å². The molecule has 0 saturated carbocycles. The molecule has 2 aliphatic heterocycles. The second kappa shape index (κ2) is 7.53. The summed E-state index contributed by atoms with van der Waals surface area (Å²) >= 11 is 0. The number of hydrogen-bond acceptors (Lipinski definition) is 4. The van der Waals surface area contributed by atoms with Gasteiger partial charge in [-0.2, -0.15) is 0 Å². The summed E-state index contributed by atoms with van der Waals surface area (Å²) in [6, 6.07) is 8.53. The van der Waals surface area contributed by atoms with Crippen molar-refractivity contribution in [2.45, 2.75) is 51.5 Å². The zero-order valence-corrected chi connectivity index (χ0v) is 16.4. The standard InChI is InChI=1S/C23H28N4O/c28-23(27-13-11-17-6-1-2-7-18(17)14-27)19-8-5-12-26(15-19)22-20-9-3-4-10-21(20)24-16-25-22/h1-2,6-7,16,19H,3-5,8-15H2. The fourth-order valence-electron chi connectivity index (χ4n) is 5.09. The number of anilines is 1. The van der Waals surface area contributed by atoms with Gasteiger partial charge >= 0.3 is 0 Å². The highest BCUT2D eigenvalue weighted by Gasteiger charge is 2.32. The number of piperidine rings is 1. The van der Waals surface area contributed by atoms with E-state index in [0.29, 0.717) is 5.91 Å². The minimum absolute atomic E-state index is 0.0771. The second-order valence-electron chi connectivity index (χ2n) is 8.39. The Labute approximate surface area is 166 Å². The molecular weight excluding hydrogens is 348 g/mol. The van der Waals surface area contributed by atoms with Gasteiger partial charge in [-0.15, -0.1) is 0 Å². The molecule has 0 radical (unpaired) electrons. The zero-order chi connectivity index (χ0) is 18.9. The Morgan fingerprint density at radius 3 is 2.75 bits per heavy atom. The number of amides is 1. The predicted octanol–water partition coefficient (Wildman–Crippen LogP) is 3.16. The van der Waals surface area contributed by atoms with Crippen LogP contribution in [0.4, 0.5) is 5.82 Å². The first-order chi connectivity index (χ1) is 13.8. The van der Waals surface area contributed by atoms with E-state index >= 15 is 0 Å². The van der Waals surface area contributed by atoms with Gasteiger partial charge in [0.05, 0.1) is 5.92 Å². The summed E-state index contributed by atoms with van der Waals surface area (Å²) in [6.45, 7) is 3.39. The van der Waals surface area contributed by atoms with Gasteiger partial charge in [0, 0.05) is 37.4 Å². The molecule has 5 heteroatoms. The average Bonchev–Trinajstić information content (AvgIpc) is 2.78. The van der Waals surface area contributed by atoms with E-state index in [2.05, 4.69) is 44.0 Å². The summed E-state index contributed by atoms with van der Waals surface area (Å²) in [5.74, 6) is 1.49. The maximum atomic E-state index is 13.3. The third-order valence-electron chi connectivity index (χ3n) is 6.61. The molecular formula is C23H28N4O. The highest BCUT2D eigenvalue weighted by Crippen LogP contribution is 2.31. The number of fused-ring (bicyclic) bond motifs is 2. The third-order valence-corrected chi connectivity index (χ3v) is 6.61. The molecule has 1 amide bonds. The van der Waals surface area contributed by atoms with Crippen LogP contribution in [0.3, 0.4) is 0 Å². The van der Waals surface area contributed by atoms with Crippen LogP contribution in [0.15, 0.2) is 30.6 Å². The molecule has 5 rings (SSSR count). The highest BCUT2D eigenvalue weighted by atomic mass is 16.2. The van der Waals surface area contributed by atoms with E-state index in [-0.39, 0.29) is 5.92 Å². The molecule has 0 N–H and O–H groups in total. The Bertz CT molecular complexity index is 881. The van der Waals surface area contributed by atoms with Crippen molar-refractivity contribution in [2.24, 2.45) is 5.92 Å². The third kappa shape index (κ3) is 3.27. The van der Waals surface area contributed by atoms with E-state index in [1.54, 1.807) is 6.33 Å². The molecule has 1 unspecified atom stereocenters. The smallest absolute Gasteiger partial charge is 0.227 e. The van der Waals surface area contributed by atoms with Gasteiger partial charge in [-0.25, -0.2) is 9.97 Å². The molecule has 0 bridgehead atoms. The first-order valence-electron chi connectivity index (χ1n) is 10.7. The Morgan fingerprint density at radius 1 is 0.964 bits per heavy atom. The van der Waals surface area contributed by atoms with E-state index in [0.717, 1.165) is 64.1 Å². The Morgan fingerprint density at radius 2 is 1.82 bits per heavy atom. The van der Waals surface area contributed by atoms with Crippen LogP contribution in [0.2, 0.25) is 0 Å². The molecule has 1 aromatic heterocycles. The van der Waals surface area contributed by atoms with E-state index < -0.39 is 0 Å². The van der Waals surface area contributed by atoms with Crippen LogP contribution in [0.1, 0.15) is 48.1 Å². The Hall–Kier alpha value is -2.43. The van der Waals surface area contributed by atoms with Crippen molar-refractivity contribution >= 4 is 11.7 Å². The van der Waals surface area contributed by atoms with Gasteiger partial charge in [0.1, 0.15) is 12.1 Å². The molecule has 1 fully saturated rings. The van der Waals surface area contributed by atoms with Gasteiger partial charge in [0.25, 0.3) is 0 Å². The Kier molecular flexibility index (Phi) is 4.75. The lowest BCUT2D eigenvalue weighted by Crippen LogP contribution is -2.46. The van der Waals surface area contributed by atoms with Crippen LogP contribution in [0.25, 0.3) is 0 Å². The molecule has 5 nitrogen and oxygen atoms in total. The summed E-state index contributed by atoms with van der Waals surface area (Å²) in [6.07, 6.45) is 9.31. The van der Waals surface area contributed by atoms with Crippen molar-refractivity contribution in [1.82, 2.24) is 14.9 Å². The summed E-state index contributed by atoms with van der Waals surface area (Å²) < 4.78 is 0. The molecule has 1 aromatic carbocycles. The lowest BCUT2D eigenvalue weighted by Gasteiger charge is -2.38. The highest BCUT2D eigenvalue weighted by molar-refractivity contribution is 5.80. The number of carbonyl (C=O) groups is 1. The number of aryl methyl sites for hydroxylation is 1. The van der Waals surface area contributed by atoms with E-state index in [1.165, 1.54) is 35.2 Å². The van der Waals surface area contributed by atoms with Crippen LogP contribution >= 0.6 is 0 Å². The van der Waals surface area contributed by atoms with Crippen LogP contribution in [-0.2, 0) is 30.6 Å². The van der Waals surface area contributed by atoms with Gasteiger partial charge in [-0.1, -0.05) is 24.3 Å². The van der Waals surface area contributed by atoms with Crippen LogP contribution < -0.4 is 4.90 Å². The van der Waals surface area contributed by atoms with Gasteiger partial charge in [-0.3, -0.25) is 4.79 Å². The normalized spacial score (nSPS) is 21.8. The lowest BCUT2D eigenvalue weighted by molar-refractivity contribution is -0.136. The van der Waals surface area contributed by atoms with Gasteiger partial charge < -0.3 is 9.80 Å². The van der Waals surface area contributed by atoms with Crippen molar-refractivity contribution in [3.05, 3.63) is 53.0 Å². The molecule has 1 aliphatic carbocycles. The minimum atomic E-state index is 0.0771. The minimum Gasteiger partial charge on any atom is -0.355 e. The zero-order valence-electron chi connectivity index (χ0n) is 16.4. The van der Waals surface area contributed by atoms with Crippen molar-refractivity contribution in [2.75, 3.05) is 24.5 Å². The number of rotatable bonds is 2. The fourth-order valence-corrected chi connectivity index (χ4v) is 5.09. The molecule has 28 heavy (non-hydrogen) atoms. The summed E-state index contributed by atoms with van der Waals surface area (Å²) in [5, 5.41) is 0. The molecule has 1 saturated heterocycles. The second-order valence-corrected chi connectivity index (χ2v) is 8.39. The van der Waals surface area contributed by atoms with Crippen LogP contribution in [0.5, 0.6) is 0 Å². The summed E-state index contributed by atoms with van der Waals surface area (Å²) in [4.78, 5) is 26.9. The molecule has 3 heterocycles. The fraction of sp³-hybridized carbons (Fsp3) is 0.522. The van der Waals surface area contributed by atoms with Gasteiger partial charge in [0.2, 0.25) is 5.91 Å². The molecule has 146 valence electrons. The van der Waals surface area contributed by atoms with E-state index in [4.69, 9.17) is 0 Å². The Balaban J connectivity index is 1.32. The number of benzene rings is 1. The van der Waals surface area contributed by atoms with Crippen molar-refractivity contribution in [3.8, 4) is 0 Å². The van der Waals surface area contributed by atoms with Crippen LogP contribution in [0, 0.1) is 5.92 Å². The van der Waals surface area contributed by atoms with Crippen molar-refractivity contribution in [1.29, 1.82) is 0 Å². The van der Waals surface area contributed by atoms with Crippen molar-refractivity contribution in [3.63, 3.8) is 0 Å². The van der Waals surface area contributed by atoms with E-state index in [1.807, 2.05) is 0 Å². The topological polar surface area (TPSA) is 49.3 Å². The van der Waals surface area contributed by atoms with E-state index in [9.17, 15) is 4.79 Å². The van der Waals surface area contributed by atoms with Gasteiger partial charge in [0.15, 0.2) is 0 Å². The first-order valence-corrected chi connectivity index (χ1v) is 10.7. The number of hydrogen-bond donors (Lipinski definition) is 0. The summed E-state index contributed by atoms with van der Waals surface area (Å²) in [5.41, 5.74) is 5.25. The SMILES string of the molecule is O=C(C1CCCN(c2ncnc3c2CCCC3)C1)N1CCc2ccccc2C1. The monoisotopic (exact) mass is 376 g/mol. The quantitative estimate of drug-likeness (QED) is 0.808. The number of nitrogens with zero attached hydrogens (tertiary/aromatic N) is 4. The molecule has 3 aliphatic rings. The predicted molar refractivity (Wildman–Crippen MR) is 109 cm³/mol. The largest absolute Gasteiger partial charge is 0.355 e. The maximum absolute atomic E-state index is 13.3. The molecule has 1 atom stereocenters. The number of carbonyl (C=O) groups excluding carboxylic acids is 1. The first kappa shape index (κ1) is 17.7. The lowest BCUT2D eigenvalue weighted by atomic mass is 9.92. The average molecular weight is 377 g/mol. The van der Waals surface area contributed by atoms with Crippen LogP contribution in [-0.4, -0.2) is 40.4 Å². The maximum Gasteiger partial charge on any atom is 0.227 e. The molecule has 0 spiro atoms.